The zero-order valence-electron chi connectivity index (χ0n) is 14.6. The Morgan fingerprint density at radius 2 is 2.21 bits per heavy atom. The lowest BCUT2D eigenvalue weighted by molar-refractivity contribution is 0.0857. The molecular formula is C18H28N4O2. The lowest BCUT2D eigenvalue weighted by atomic mass is 10.1. The molecule has 2 rings (SSSR count). The Balaban J connectivity index is 1.92. The van der Waals surface area contributed by atoms with Gasteiger partial charge in [0.15, 0.2) is 5.96 Å². The van der Waals surface area contributed by atoms with Crippen LogP contribution in [0.4, 0.5) is 0 Å². The van der Waals surface area contributed by atoms with E-state index in [0.717, 1.165) is 38.1 Å². The van der Waals surface area contributed by atoms with Gasteiger partial charge in [-0.1, -0.05) is 12.1 Å². The number of nitrogens with two attached hydrogens (primary N) is 1. The van der Waals surface area contributed by atoms with E-state index < -0.39 is 0 Å². The van der Waals surface area contributed by atoms with E-state index >= 15 is 0 Å². The van der Waals surface area contributed by atoms with Crippen LogP contribution in [0.3, 0.4) is 0 Å². The van der Waals surface area contributed by atoms with E-state index in [4.69, 9.17) is 10.5 Å². The number of hydrogen-bond donors (Lipinski definition) is 2. The largest absolute Gasteiger partial charge is 0.376 e. The van der Waals surface area contributed by atoms with Gasteiger partial charge >= 0.3 is 0 Å². The van der Waals surface area contributed by atoms with Crippen molar-refractivity contribution in [1.29, 1.82) is 0 Å². The molecule has 1 fully saturated rings. The molecule has 1 aliphatic rings. The maximum absolute atomic E-state index is 12.3. The molecule has 1 atom stereocenters. The van der Waals surface area contributed by atoms with Gasteiger partial charge in [0, 0.05) is 31.8 Å². The highest BCUT2D eigenvalue weighted by molar-refractivity contribution is 5.94. The second kappa shape index (κ2) is 9.27. The number of guanidine groups is 1. The molecule has 1 saturated heterocycles. The molecule has 6 heteroatoms. The second-order valence-electron chi connectivity index (χ2n) is 5.89. The predicted molar refractivity (Wildman–Crippen MR) is 96.0 cm³/mol. The molecule has 0 radical (unpaired) electrons. The molecule has 0 saturated carbocycles. The number of aliphatic imine (C=N–C) groups is 1. The Morgan fingerprint density at radius 1 is 1.42 bits per heavy atom. The molecule has 132 valence electrons. The summed E-state index contributed by atoms with van der Waals surface area (Å²) in [5.74, 6) is 0.460. The van der Waals surface area contributed by atoms with Crippen molar-refractivity contribution in [3.05, 3.63) is 35.4 Å². The van der Waals surface area contributed by atoms with Gasteiger partial charge in [0.05, 0.1) is 12.6 Å². The molecule has 1 aromatic carbocycles. The van der Waals surface area contributed by atoms with Crippen molar-refractivity contribution in [2.24, 2.45) is 10.7 Å². The monoisotopic (exact) mass is 332 g/mol. The topological polar surface area (TPSA) is 80.0 Å². The number of hydrogen-bond acceptors (Lipinski definition) is 3. The average molecular weight is 332 g/mol. The first kappa shape index (κ1) is 18.3. The third-order valence-corrected chi connectivity index (χ3v) is 4.21. The zero-order valence-corrected chi connectivity index (χ0v) is 14.6. The minimum atomic E-state index is -0.0759. The van der Waals surface area contributed by atoms with Gasteiger partial charge in [-0.25, -0.2) is 4.99 Å². The Kier molecular flexibility index (Phi) is 7.06. The third-order valence-electron chi connectivity index (χ3n) is 4.21. The molecule has 0 spiro atoms. The third kappa shape index (κ3) is 5.23. The van der Waals surface area contributed by atoms with E-state index in [0.29, 0.717) is 24.6 Å². The normalized spacial score (nSPS) is 17.8. The van der Waals surface area contributed by atoms with Crippen LogP contribution in [0.2, 0.25) is 0 Å². The van der Waals surface area contributed by atoms with E-state index in [1.165, 1.54) is 0 Å². The first-order valence-corrected chi connectivity index (χ1v) is 8.67. The van der Waals surface area contributed by atoms with Crippen molar-refractivity contribution in [2.75, 3.05) is 26.2 Å². The number of benzene rings is 1. The molecular weight excluding hydrogens is 304 g/mol. The summed E-state index contributed by atoms with van der Waals surface area (Å²) in [6, 6.07) is 7.50. The molecule has 1 aromatic rings. The lowest BCUT2D eigenvalue weighted by Crippen LogP contribution is -2.37. The highest BCUT2D eigenvalue weighted by Gasteiger charge is 2.16. The van der Waals surface area contributed by atoms with Gasteiger partial charge in [-0.15, -0.1) is 0 Å². The number of carbonyl (C=O) groups is 1. The Labute approximate surface area is 144 Å². The summed E-state index contributed by atoms with van der Waals surface area (Å²) in [6.45, 7) is 7.58. The summed E-state index contributed by atoms with van der Waals surface area (Å²) in [7, 11) is 0. The van der Waals surface area contributed by atoms with Crippen molar-refractivity contribution in [2.45, 2.75) is 39.3 Å². The molecule has 0 aromatic heterocycles. The van der Waals surface area contributed by atoms with Crippen molar-refractivity contribution in [1.82, 2.24) is 10.2 Å². The number of ether oxygens (including phenoxy) is 1. The smallest absolute Gasteiger partial charge is 0.251 e. The minimum Gasteiger partial charge on any atom is -0.376 e. The average Bonchev–Trinajstić information content (AvgIpc) is 3.12. The fourth-order valence-electron chi connectivity index (χ4n) is 2.74. The SMILES string of the molecule is CCN(CC)C(N)=NCc1cccc(C(=O)NCC2CCCO2)c1. The van der Waals surface area contributed by atoms with Crippen molar-refractivity contribution >= 4 is 11.9 Å². The lowest BCUT2D eigenvalue weighted by Gasteiger charge is -2.19. The van der Waals surface area contributed by atoms with Gasteiger partial charge in [-0.05, 0) is 44.4 Å². The summed E-state index contributed by atoms with van der Waals surface area (Å²) in [4.78, 5) is 18.7. The zero-order chi connectivity index (χ0) is 17.4. The number of amides is 1. The van der Waals surface area contributed by atoms with Gasteiger partial charge < -0.3 is 20.7 Å². The van der Waals surface area contributed by atoms with Gasteiger partial charge in [0.2, 0.25) is 0 Å². The minimum absolute atomic E-state index is 0.0759. The summed E-state index contributed by atoms with van der Waals surface area (Å²) < 4.78 is 5.52. The van der Waals surface area contributed by atoms with Gasteiger partial charge in [-0.2, -0.15) is 0 Å². The van der Waals surface area contributed by atoms with Crippen LogP contribution in [-0.4, -0.2) is 49.1 Å². The first-order chi connectivity index (χ1) is 11.6. The number of carbonyl (C=O) groups excluding carboxylic acids is 1. The maximum Gasteiger partial charge on any atom is 0.251 e. The molecule has 1 unspecified atom stereocenters. The fourth-order valence-corrected chi connectivity index (χ4v) is 2.74. The predicted octanol–water partition coefficient (Wildman–Crippen LogP) is 1.75. The van der Waals surface area contributed by atoms with Crippen LogP contribution in [-0.2, 0) is 11.3 Å². The van der Waals surface area contributed by atoms with Crippen LogP contribution >= 0.6 is 0 Å². The van der Waals surface area contributed by atoms with Crippen LogP contribution in [0, 0.1) is 0 Å². The molecule has 1 amide bonds. The van der Waals surface area contributed by atoms with E-state index in [-0.39, 0.29) is 12.0 Å². The van der Waals surface area contributed by atoms with Gasteiger partial charge in [-0.3, -0.25) is 4.79 Å². The number of nitrogens with zero attached hydrogens (tertiary/aromatic N) is 2. The van der Waals surface area contributed by atoms with E-state index in [2.05, 4.69) is 10.3 Å². The summed E-state index contributed by atoms with van der Waals surface area (Å²) >= 11 is 0. The van der Waals surface area contributed by atoms with Crippen LogP contribution in [0.25, 0.3) is 0 Å². The quantitative estimate of drug-likeness (QED) is 0.589. The number of nitrogens with one attached hydrogen (secondary N) is 1. The fraction of sp³-hybridized carbons (Fsp3) is 0.556. The van der Waals surface area contributed by atoms with Gasteiger partial charge in [0.25, 0.3) is 5.91 Å². The molecule has 6 nitrogen and oxygen atoms in total. The summed E-state index contributed by atoms with van der Waals surface area (Å²) in [5, 5.41) is 2.94. The molecule has 3 N–H and O–H groups in total. The molecule has 0 bridgehead atoms. The number of rotatable bonds is 7. The molecule has 1 aliphatic heterocycles. The summed E-state index contributed by atoms with van der Waals surface area (Å²) in [6.07, 6.45) is 2.23. The van der Waals surface area contributed by atoms with E-state index in [1.807, 2.05) is 43.0 Å². The van der Waals surface area contributed by atoms with Gasteiger partial charge in [0.1, 0.15) is 0 Å². The molecule has 1 heterocycles. The van der Waals surface area contributed by atoms with Crippen LogP contribution in [0.1, 0.15) is 42.6 Å². The van der Waals surface area contributed by atoms with E-state index in [9.17, 15) is 4.79 Å². The van der Waals surface area contributed by atoms with E-state index in [1.54, 1.807) is 0 Å². The summed E-state index contributed by atoms with van der Waals surface area (Å²) in [5.41, 5.74) is 7.59. The Morgan fingerprint density at radius 3 is 2.88 bits per heavy atom. The highest BCUT2D eigenvalue weighted by Crippen LogP contribution is 2.11. The first-order valence-electron chi connectivity index (χ1n) is 8.67. The Hall–Kier alpha value is -2.08. The van der Waals surface area contributed by atoms with Crippen molar-refractivity contribution < 1.29 is 9.53 Å². The van der Waals surface area contributed by atoms with Crippen LogP contribution in [0.15, 0.2) is 29.3 Å². The molecule has 0 aliphatic carbocycles. The highest BCUT2D eigenvalue weighted by atomic mass is 16.5. The van der Waals surface area contributed by atoms with Crippen LogP contribution in [0.5, 0.6) is 0 Å². The maximum atomic E-state index is 12.3. The Bertz CT molecular complexity index is 564. The van der Waals surface area contributed by atoms with Crippen LogP contribution < -0.4 is 11.1 Å². The second-order valence-corrected chi connectivity index (χ2v) is 5.89. The van der Waals surface area contributed by atoms with Crippen molar-refractivity contribution in [3.63, 3.8) is 0 Å². The standard InChI is InChI=1S/C18H28N4O2/c1-3-22(4-2)18(19)21-12-14-7-5-8-15(11-14)17(23)20-13-16-9-6-10-24-16/h5,7-8,11,16H,3-4,6,9-10,12-13H2,1-2H3,(H2,19,21)(H,20,23). The molecule has 24 heavy (non-hydrogen) atoms. The van der Waals surface area contributed by atoms with Crippen molar-refractivity contribution in [3.8, 4) is 0 Å².